The summed E-state index contributed by atoms with van der Waals surface area (Å²) in [5.74, 6) is -0.102. The lowest BCUT2D eigenvalue weighted by atomic mass is 10.3. The van der Waals surface area contributed by atoms with E-state index in [1.165, 1.54) is 16.0 Å². The molecule has 0 atom stereocenters. The minimum Gasteiger partial charge on any atom is -0.492 e. The fourth-order valence-corrected chi connectivity index (χ4v) is 3.71. The van der Waals surface area contributed by atoms with Crippen molar-refractivity contribution in [1.82, 2.24) is 9.36 Å². The highest BCUT2D eigenvalue weighted by Gasteiger charge is 2.25. The Hall–Kier alpha value is -2.48. The van der Waals surface area contributed by atoms with Crippen LogP contribution in [0.15, 0.2) is 39.3 Å². The summed E-state index contributed by atoms with van der Waals surface area (Å²) in [7, 11) is 1.90. The third kappa shape index (κ3) is 1.80. The Morgan fingerprint density at radius 2 is 2.00 bits per heavy atom. The van der Waals surface area contributed by atoms with Crippen LogP contribution < -0.4 is 10.1 Å². The molecule has 2 aromatic heterocycles. The van der Waals surface area contributed by atoms with Gasteiger partial charge in [0.2, 0.25) is 11.6 Å². The number of hydrogen-bond acceptors (Lipinski definition) is 5. The average Bonchev–Trinajstić information content (AvgIpc) is 3.18. The van der Waals surface area contributed by atoms with Gasteiger partial charge in [-0.2, -0.15) is 0 Å². The van der Waals surface area contributed by atoms with Crippen molar-refractivity contribution < 1.29 is 9.67 Å². The van der Waals surface area contributed by atoms with Gasteiger partial charge in [-0.1, -0.05) is 12.1 Å². The van der Waals surface area contributed by atoms with Gasteiger partial charge in [-0.3, -0.25) is 4.79 Å². The summed E-state index contributed by atoms with van der Waals surface area (Å²) >= 11 is 1.49. The number of fused-ring (bicyclic) bond motifs is 2. The predicted molar refractivity (Wildman–Crippen MR) is 82.2 cm³/mol. The Morgan fingerprint density at radius 3 is 2.77 bits per heavy atom. The molecule has 1 aliphatic heterocycles. The van der Waals surface area contributed by atoms with E-state index >= 15 is 0 Å². The average molecular weight is 316 g/mol. The summed E-state index contributed by atoms with van der Waals surface area (Å²) in [5, 5.41) is 19.0. The maximum Gasteiger partial charge on any atom is 0.409 e. The third-order valence-corrected chi connectivity index (χ3v) is 4.98. The van der Waals surface area contributed by atoms with E-state index in [4.69, 9.17) is 0 Å². The molecule has 0 unspecified atom stereocenters. The van der Waals surface area contributed by atoms with Gasteiger partial charge in [-0.05, 0) is 35.0 Å². The summed E-state index contributed by atoms with van der Waals surface area (Å²) in [6, 6.07) is 7.95. The molecule has 112 valence electrons. The molecule has 0 saturated carbocycles. The van der Waals surface area contributed by atoms with Crippen LogP contribution in [0.5, 0.6) is 5.88 Å². The molecule has 0 fully saturated rings. The molecule has 3 heterocycles. The minimum absolute atomic E-state index is 0.0113. The molecule has 4 rings (SSSR count). The summed E-state index contributed by atoms with van der Waals surface area (Å²) in [6.45, 7) is 1.24. The maximum atomic E-state index is 12.2. The molecule has 1 aliphatic rings. The number of rotatable bonds is 2. The number of nitrogens with zero attached hydrogens (tertiary/aromatic N) is 5. The van der Waals surface area contributed by atoms with Crippen molar-refractivity contribution in [3.63, 3.8) is 0 Å². The van der Waals surface area contributed by atoms with Crippen LogP contribution in [0, 0.1) is 0 Å². The quantitative estimate of drug-likeness (QED) is 0.581. The number of benzene rings is 1. The fourth-order valence-electron chi connectivity index (χ4n) is 2.74. The SMILES string of the molecule is C[n+]1c(/N=N/c2c(O)n3n(c2=O)CCC3)sc2ccccc21. The minimum atomic E-state index is -0.289. The molecule has 7 nitrogen and oxygen atoms in total. The molecule has 0 spiro atoms. The highest BCUT2D eigenvalue weighted by Crippen LogP contribution is 2.30. The molecular weight excluding hydrogens is 302 g/mol. The van der Waals surface area contributed by atoms with Crippen molar-refractivity contribution in [2.75, 3.05) is 0 Å². The number of hydrogen-bond donors (Lipinski definition) is 1. The van der Waals surface area contributed by atoms with Crippen LogP contribution >= 0.6 is 11.3 Å². The number of aryl methyl sites for hydroxylation is 1. The number of aromatic nitrogens is 3. The van der Waals surface area contributed by atoms with Crippen molar-refractivity contribution in [2.24, 2.45) is 17.3 Å². The Kier molecular flexibility index (Phi) is 2.86. The highest BCUT2D eigenvalue weighted by atomic mass is 32.1. The van der Waals surface area contributed by atoms with Gasteiger partial charge in [0, 0.05) is 13.1 Å². The van der Waals surface area contributed by atoms with Gasteiger partial charge >= 0.3 is 10.7 Å². The van der Waals surface area contributed by atoms with Gasteiger partial charge in [0.05, 0.1) is 16.9 Å². The lowest BCUT2D eigenvalue weighted by molar-refractivity contribution is -0.627. The summed E-state index contributed by atoms with van der Waals surface area (Å²) in [5.41, 5.74) is 0.779. The van der Waals surface area contributed by atoms with Crippen LogP contribution in [0.2, 0.25) is 0 Å². The van der Waals surface area contributed by atoms with Gasteiger partial charge < -0.3 is 5.11 Å². The van der Waals surface area contributed by atoms with Gasteiger partial charge in [-0.15, -0.1) is 0 Å². The summed E-state index contributed by atoms with van der Waals surface area (Å²) in [4.78, 5) is 12.2. The normalized spacial score (nSPS) is 14.2. The van der Waals surface area contributed by atoms with E-state index in [0.717, 1.165) is 16.6 Å². The van der Waals surface area contributed by atoms with Crippen LogP contribution in [0.25, 0.3) is 10.2 Å². The molecule has 0 saturated heterocycles. The van der Waals surface area contributed by atoms with Gasteiger partial charge in [0.25, 0.3) is 0 Å². The van der Waals surface area contributed by atoms with E-state index in [1.807, 2.05) is 35.9 Å². The van der Waals surface area contributed by atoms with E-state index in [9.17, 15) is 9.90 Å². The number of azo groups is 1. The number of para-hydroxylation sites is 1. The zero-order chi connectivity index (χ0) is 15.3. The van der Waals surface area contributed by atoms with Gasteiger partial charge in [0.1, 0.15) is 5.52 Å². The maximum absolute atomic E-state index is 12.2. The van der Waals surface area contributed by atoms with Crippen molar-refractivity contribution >= 4 is 32.4 Å². The van der Waals surface area contributed by atoms with E-state index in [-0.39, 0.29) is 17.1 Å². The number of aromatic hydroxyl groups is 1. The Morgan fingerprint density at radius 1 is 1.23 bits per heavy atom. The van der Waals surface area contributed by atoms with Crippen molar-refractivity contribution in [3.8, 4) is 5.88 Å². The molecule has 22 heavy (non-hydrogen) atoms. The van der Waals surface area contributed by atoms with Gasteiger partial charge in [-0.25, -0.2) is 13.9 Å². The monoisotopic (exact) mass is 316 g/mol. The van der Waals surface area contributed by atoms with Gasteiger partial charge in [0.15, 0.2) is 0 Å². The zero-order valence-electron chi connectivity index (χ0n) is 11.9. The Labute approximate surface area is 129 Å². The smallest absolute Gasteiger partial charge is 0.409 e. The molecule has 3 aromatic rings. The van der Waals surface area contributed by atoms with E-state index < -0.39 is 0 Å². The fraction of sp³-hybridized carbons (Fsp3) is 0.286. The molecule has 0 amide bonds. The first kappa shape index (κ1) is 13.2. The second-order valence-corrected chi connectivity index (χ2v) is 6.20. The van der Waals surface area contributed by atoms with E-state index in [2.05, 4.69) is 10.2 Å². The lowest BCUT2D eigenvalue weighted by Gasteiger charge is -1.97. The summed E-state index contributed by atoms with van der Waals surface area (Å²) in [6.07, 6.45) is 0.853. The van der Waals surface area contributed by atoms with E-state index in [1.54, 1.807) is 4.68 Å². The zero-order valence-corrected chi connectivity index (χ0v) is 12.7. The second kappa shape index (κ2) is 4.77. The molecule has 1 N–H and O–H groups in total. The van der Waals surface area contributed by atoms with Crippen LogP contribution in [-0.2, 0) is 20.1 Å². The largest absolute Gasteiger partial charge is 0.492 e. The third-order valence-electron chi connectivity index (χ3n) is 3.87. The molecular formula is C14H14N5O2S+. The molecule has 0 radical (unpaired) electrons. The highest BCUT2D eigenvalue weighted by molar-refractivity contribution is 7.21. The topological polar surface area (TPSA) is 75.8 Å². The first-order valence-electron chi connectivity index (χ1n) is 6.98. The number of thiazole rings is 1. The van der Waals surface area contributed by atoms with Crippen LogP contribution in [0.1, 0.15) is 6.42 Å². The van der Waals surface area contributed by atoms with Crippen molar-refractivity contribution in [3.05, 3.63) is 34.6 Å². The van der Waals surface area contributed by atoms with Crippen LogP contribution in [-0.4, -0.2) is 14.5 Å². The first-order valence-corrected chi connectivity index (χ1v) is 7.80. The Balaban J connectivity index is 1.79. The lowest BCUT2D eigenvalue weighted by Crippen LogP contribution is -2.25. The predicted octanol–water partition coefficient (Wildman–Crippen LogP) is 2.21. The van der Waals surface area contributed by atoms with Crippen LogP contribution in [0.4, 0.5) is 10.8 Å². The van der Waals surface area contributed by atoms with Crippen LogP contribution in [0.3, 0.4) is 0 Å². The molecule has 1 aromatic carbocycles. The van der Waals surface area contributed by atoms with E-state index in [0.29, 0.717) is 18.2 Å². The van der Waals surface area contributed by atoms with Crippen molar-refractivity contribution in [2.45, 2.75) is 19.5 Å². The molecule has 0 bridgehead atoms. The standard InChI is InChI=1S/C14H13N5O2S/c1-17-9-5-2-3-6-10(9)22-14(17)16-15-11-12(20)18-7-4-8-19(18)13(11)21/h2-3,5-6H,4,7-8H2,1H3/p+1. The first-order chi connectivity index (χ1) is 10.7. The molecule has 8 heteroatoms. The van der Waals surface area contributed by atoms with Crippen molar-refractivity contribution in [1.29, 1.82) is 0 Å². The molecule has 0 aliphatic carbocycles. The summed E-state index contributed by atoms with van der Waals surface area (Å²) < 4.78 is 6.08. The second-order valence-electron chi connectivity index (χ2n) is 5.19. The Bertz CT molecular complexity index is 966.